The van der Waals surface area contributed by atoms with Gasteiger partial charge in [-0.15, -0.1) is 0 Å². The Labute approximate surface area is 104 Å². The van der Waals surface area contributed by atoms with Gasteiger partial charge in [0.15, 0.2) is 0 Å². The highest BCUT2D eigenvalue weighted by Crippen LogP contribution is 2.26. The summed E-state index contributed by atoms with van der Waals surface area (Å²) in [5.74, 6) is -0.736. The van der Waals surface area contributed by atoms with E-state index in [4.69, 9.17) is 5.11 Å². The van der Waals surface area contributed by atoms with Crippen molar-refractivity contribution >= 4 is 5.97 Å². The minimum Gasteiger partial charge on any atom is -0.481 e. The molecule has 0 heterocycles. The van der Waals surface area contributed by atoms with Crippen molar-refractivity contribution in [1.82, 2.24) is 5.32 Å². The van der Waals surface area contributed by atoms with Gasteiger partial charge in [-0.05, 0) is 38.1 Å². The number of carbonyl (C=O) groups is 1. The van der Waals surface area contributed by atoms with Crippen LogP contribution in [-0.2, 0) is 4.79 Å². The van der Waals surface area contributed by atoms with Gasteiger partial charge in [-0.1, -0.05) is 20.8 Å². The minimum absolute atomic E-state index is 0.0312. The molecule has 0 aromatic heterocycles. The molecular formula is C13H27NO3. The van der Waals surface area contributed by atoms with Gasteiger partial charge < -0.3 is 15.5 Å². The van der Waals surface area contributed by atoms with Crippen molar-refractivity contribution in [3.63, 3.8) is 0 Å². The average Bonchev–Trinajstić information content (AvgIpc) is 2.22. The Morgan fingerprint density at radius 1 is 1.24 bits per heavy atom. The quantitative estimate of drug-likeness (QED) is 0.544. The summed E-state index contributed by atoms with van der Waals surface area (Å²) in [6, 6.07) is 0. The highest BCUT2D eigenvalue weighted by Gasteiger charge is 2.20. The van der Waals surface area contributed by atoms with E-state index in [-0.39, 0.29) is 11.8 Å². The van der Waals surface area contributed by atoms with Crippen LogP contribution in [0.2, 0.25) is 0 Å². The average molecular weight is 245 g/mol. The first-order valence-corrected chi connectivity index (χ1v) is 6.33. The van der Waals surface area contributed by atoms with Gasteiger partial charge in [0.1, 0.15) is 0 Å². The van der Waals surface area contributed by atoms with Crippen molar-refractivity contribution in [2.75, 3.05) is 13.1 Å². The number of aliphatic hydroxyl groups is 1. The van der Waals surface area contributed by atoms with Gasteiger partial charge in [0.25, 0.3) is 0 Å². The zero-order valence-corrected chi connectivity index (χ0v) is 11.5. The first-order chi connectivity index (χ1) is 7.68. The summed E-state index contributed by atoms with van der Waals surface area (Å²) in [5.41, 5.74) is -0.616. The van der Waals surface area contributed by atoms with E-state index in [1.807, 2.05) is 13.8 Å². The van der Waals surface area contributed by atoms with Gasteiger partial charge in [-0.25, -0.2) is 0 Å². The zero-order chi connectivity index (χ0) is 13.5. The summed E-state index contributed by atoms with van der Waals surface area (Å²) in [5, 5.41) is 21.6. The van der Waals surface area contributed by atoms with E-state index in [0.717, 1.165) is 19.4 Å². The largest absolute Gasteiger partial charge is 0.481 e. The second-order valence-corrected chi connectivity index (χ2v) is 5.84. The lowest BCUT2D eigenvalue weighted by Gasteiger charge is -2.26. The van der Waals surface area contributed by atoms with Gasteiger partial charge in [0.05, 0.1) is 5.60 Å². The van der Waals surface area contributed by atoms with Crippen LogP contribution in [0.15, 0.2) is 0 Å². The Kier molecular flexibility index (Phi) is 6.72. The van der Waals surface area contributed by atoms with Crippen LogP contribution in [0.5, 0.6) is 0 Å². The summed E-state index contributed by atoms with van der Waals surface area (Å²) >= 11 is 0. The number of hydrogen-bond acceptors (Lipinski definition) is 3. The zero-order valence-electron chi connectivity index (χ0n) is 11.5. The maximum atomic E-state index is 10.5. The molecule has 0 aromatic rings. The predicted octanol–water partition coefficient (Wildman–Crippen LogP) is 2.02. The highest BCUT2D eigenvalue weighted by molar-refractivity contribution is 5.66. The third kappa shape index (κ3) is 9.12. The molecule has 0 bridgehead atoms. The first-order valence-electron chi connectivity index (χ1n) is 6.33. The van der Waals surface area contributed by atoms with E-state index in [9.17, 15) is 9.90 Å². The van der Waals surface area contributed by atoms with Crippen molar-refractivity contribution in [1.29, 1.82) is 0 Å². The van der Waals surface area contributed by atoms with Crippen LogP contribution < -0.4 is 5.32 Å². The Hall–Kier alpha value is -0.610. The number of carboxylic acids is 1. The summed E-state index contributed by atoms with van der Waals surface area (Å²) in [4.78, 5) is 10.5. The normalized spacial score (nSPS) is 15.6. The molecule has 0 aliphatic heterocycles. The van der Waals surface area contributed by atoms with Gasteiger partial charge >= 0.3 is 5.97 Å². The third-order valence-corrected chi connectivity index (χ3v) is 3.26. The fraction of sp³-hybridized carbons (Fsp3) is 0.923. The molecule has 3 N–H and O–H groups in total. The summed E-state index contributed by atoms with van der Waals surface area (Å²) < 4.78 is 0. The van der Waals surface area contributed by atoms with Crippen LogP contribution in [0.3, 0.4) is 0 Å². The second-order valence-electron chi connectivity index (χ2n) is 5.84. The molecule has 4 nitrogen and oxygen atoms in total. The van der Waals surface area contributed by atoms with Crippen molar-refractivity contribution in [3.8, 4) is 0 Å². The first kappa shape index (κ1) is 16.4. The molecule has 102 valence electrons. The molecule has 0 aliphatic carbocycles. The van der Waals surface area contributed by atoms with Crippen LogP contribution in [0, 0.1) is 5.41 Å². The van der Waals surface area contributed by atoms with Crippen molar-refractivity contribution in [2.24, 2.45) is 5.41 Å². The van der Waals surface area contributed by atoms with Crippen molar-refractivity contribution < 1.29 is 15.0 Å². The molecule has 1 atom stereocenters. The number of rotatable bonds is 9. The monoisotopic (exact) mass is 245 g/mol. The number of aliphatic carboxylic acids is 1. The summed E-state index contributed by atoms with van der Waals surface area (Å²) in [6.07, 6.45) is 2.55. The van der Waals surface area contributed by atoms with E-state index < -0.39 is 11.6 Å². The second kappa shape index (κ2) is 6.97. The Morgan fingerprint density at radius 2 is 1.82 bits per heavy atom. The maximum Gasteiger partial charge on any atom is 0.303 e. The van der Waals surface area contributed by atoms with E-state index in [2.05, 4.69) is 19.2 Å². The van der Waals surface area contributed by atoms with Crippen LogP contribution in [-0.4, -0.2) is 34.9 Å². The van der Waals surface area contributed by atoms with Crippen molar-refractivity contribution in [2.45, 2.75) is 59.0 Å². The van der Waals surface area contributed by atoms with Crippen LogP contribution in [0.25, 0.3) is 0 Å². The molecule has 0 saturated carbocycles. The topological polar surface area (TPSA) is 69.6 Å². The molecule has 0 amide bonds. The number of hydrogen-bond donors (Lipinski definition) is 3. The summed E-state index contributed by atoms with van der Waals surface area (Å²) in [6.45, 7) is 9.32. The number of carboxylic acid groups (broad SMARTS) is 1. The van der Waals surface area contributed by atoms with Gasteiger partial charge in [-0.3, -0.25) is 4.79 Å². The van der Waals surface area contributed by atoms with Gasteiger partial charge in [0.2, 0.25) is 0 Å². The van der Waals surface area contributed by atoms with Crippen molar-refractivity contribution in [3.05, 3.63) is 0 Å². The molecule has 1 unspecified atom stereocenters. The molecule has 0 radical (unpaired) electrons. The molecule has 0 fully saturated rings. The fourth-order valence-electron chi connectivity index (χ4n) is 1.48. The Morgan fingerprint density at radius 3 is 2.29 bits per heavy atom. The van der Waals surface area contributed by atoms with Crippen LogP contribution in [0.4, 0.5) is 0 Å². The van der Waals surface area contributed by atoms with Crippen LogP contribution in [0.1, 0.15) is 53.4 Å². The molecule has 0 aliphatic rings. The SMILES string of the molecule is CCC(C)(O)CNCCC(C)(C)CCC(=O)O. The standard InChI is InChI=1S/C13H27NO3/c1-5-13(4,17)10-14-9-8-12(2,3)7-6-11(15)16/h14,17H,5-10H2,1-4H3,(H,15,16). The lowest BCUT2D eigenvalue weighted by atomic mass is 9.84. The van der Waals surface area contributed by atoms with Gasteiger partial charge in [-0.2, -0.15) is 0 Å². The summed E-state index contributed by atoms with van der Waals surface area (Å²) in [7, 11) is 0. The maximum absolute atomic E-state index is 10.5. The van der Waals surface area contributed by atoms with E-state index >= 15 is 0 Å². The smallest absolute Gasteiger partial charge is 0.303 e. The van der Waals surface area contributed by atoms with Gasteiger partial charge in [0, 0.05) is 13.0 Å². The Balaban J connectivity index is 3.76. The number of nitrogens with one attached hydrogen (secondary N) is 1. The lowest BCUT2D eigenvalue weighted by Crippen LogP contribution is -2.38. The predicted molar refractivity (Wildman–Crippen MR) is 69.1 cm³/mol. The molecule has 17 heavy (non-hydrogen) atoms. The lowest BCUT2D eigenvalue weighted by molar-refractivity contribution is -0.137. The Bertz CT molecular complexity index is 237. The molecule has 0 spiro atoms. The molecule has 0 aromatic carbocycles. The third-order valence-electron chi connectivity index (χ3n) is 3.26. The van der Waals surface area contributed by atoms with E-state index in [1.165, 1.54) is 0 Å². The van der Waals surface area contributed by atoms with E-state index in [1.54, 1.807) is 0 Å². The minimum atomic E-state index is -0.736. The fourth-order valence-corrected chi connectivity index (χ4v) is 1.48. The molecule has 4 heteroatoms. The van der Waals surface area contributed by atoms with Crippen LogP contribution >= 0.6 is 0 Å². The molecule has 0 rings (SSSR count). The highest BCUT2D eigenvalue weighted by atomic mass is 16.4. The molecule has 0 saturated heterocycles. The molecular weight excluding hydrogens is 218 g/mol. The van der Waals surface area contributed by atoms with E-state index in [0.29, 0.717) is 13.0 Å².